The molecule has 0 unspecified atom stereocenters. The standard InChI is InChI=1S/C9H7NOS2/c1-6-2-3-13-9(6)8(11)7-4-12-5-10-7/h2-5H,1H3. The molecule has 0 atom stereocenters. The summed E-state index contributed by atoms with van der Waals surface area (Å²) in [6, 6.07) is 1.95. The summed E-state index contributed by atoms with van der Waals surface area (Å²) >= 11 is 2.91. The van der Waals surface area contributed by atoms with Gasteiger partial charge >= 0.3 is 0 Å². The number of hydrogen-bond acceptors (Lipinski definition) is 4. The zero-order chi connectivity index (χ0) is 9.26. The van der Waals surface area contributed by atoms with Crippen LogP contribution in [0.4, 0.5) is 0 Å². The number of carbonyl (C=O) groups excluding carboxylic acids is 1. The van der Waals surface area contributed by atoms with E-state index in [4.69, 9.17) is 0 Å². The zero-order valence-corrected chi connectivity index (χ0v) is 8.61. The fraction of sp³-hybridized carbons (Fsp3) is 0.111. The van der Waals surface area contributed by atoms with Crippen LogP contribution in [0.2, 0.25) is 0 Å². The second-order valence-corrected chi connectivity index (χ2v) is 4.27. The second kappa shape index (κ2) is 3.40. The largest absolute Gasteiger partial charge is 0.286 e. The van der Waals surface area contributed by atoms with E-state index in [1.165, 1.54) is 22.7 Å². The molecular weight excluding hydrogens is 202 g/mol. The Morgan fingerprint density at radius 1 is 1.54 bits per heavy atom. The number of hydrogen-bond donors (Lipinski definition) is 0. The molecule has 0 spiro atoms. The summed E-state index contributed by atoms with van der Waals surface area (Å²) in [6.45, 7) is 1.94. The molecule has 0 aliphatic heterocycles. The van der Waals surface area contributed by atoms with Crippen molar-refractivity contribution in [3.05, 3.63) is 38.5 Å². The number of thiophene rings is 1. The topological polar surface area (TPSA) is 30.0 Å². The average Bonchev–Trinajstić information content (AvgIpc) is 2.72. The van der Waals surface area contributed by atoms with Gasteiger partial charge in [0.15, 0.2) is 0 Å². The number of aryl methyl sites for hydroxylation is 1. The predicted octanol–water partition coefficient (Wildman–Crippen LogP) is 2.74. The fourth-order valence-corrected chi connectivity index (χ4v) is 2.45. The third-order valence-corrected chi connectivity index (χ3v) is 3.33. The van der Waals surface area contributed by atoms with Crippen LogP contribution in [0.5, 0.6) is 0 Å². The van der Waals surface area contributed by atoms with E-state index in [2.05, 4.69) is 4.98 Å². The van der Waals surface area contributed by atoms with Crippen LogP contribution < -0.4 is 0 Å². The van der Waals surface area contributed by atoms with Crippen molar-refractivity contribution in [2.24, 2.45) is 0 Å². The molecule has 2 aromatic heterocycles. The monoisotopic (exact) mass is 209 g/mol. The first-order valence-corrected chi connectivity index (χ1v) is 5.58. The minimum Gasteiger partial charge on any atom is -0.286 e. The Bertz CT molecular complexity index is 417. The van der Waals surface area contributed by atoms with Crippen LogP contribution in [0.1, 0.15) is 20.9 Å². The SMILES string of the molecule is Cc1ccsc1C(=O)c1cscn1. The van der Waals surface area contributed by atoms with Crippen molar-refractivity contribution >= 4 is 28.5 Å². The first kappa shape index (κ1) is 8.59. The summed E-state index contributed by atoms with van der Waals surface area (Å²) in [5, 5.41) is 3.70. The van der Waals surface area contributed by atoms with Crippen LogP contribution in [0.25, 0.3) is 0 Å². The summed E-state index contributed by atoms with van der Waals surface area (Å²) in [4.78, 5) is 16.5. The van der Waals surface area contributed by atoms with Gasteiger partial charge in [-0.25, -0.2) is 4.98 Å². The Balaban J connectivity index is 2.39. The summed E-state index contributed by atoms with van der Waals surface area (Å²) < 4.78 is 0. The van der Waals surface area contributed by atoms with Crippen molar-refractivity contribution in [3.63, 3.8) is 0 Å². The van der Waals surface area contributed by atoms with Crippen LogP contribution in [0.15, 0.2) is 22.3 Å². The minimum absolute atomic E-state index is 0.0359. The van der Waals surface area contributed by atoms with E-state index in [-0.39, 0.29) is 5.78 Å². The number of aromatic nitrogens is 1. The maximum Gasteiger partial charge on any atom is 0.222 e. The number of carbonyl (C=O) groups is 1. The lowest BCUT2D eigenvalue weighted by Crippen LogP contribution is -1.99. The van der Waals surface area contributed by atoms with Crippen molar-refractivity contribution in [2.75, 3.05) is 0 Å². The van der Waals surface area contributed by atoms with Gasteiger partial charge in [-0.15, -0.1) is 22.7 Å². The van der Waals surface area contributed by atoms with Crippen molar-refractivity contribution in [1.29, 1.82) is 0 Å². The molecule has 2 heterocycles. The summed E-state index contributed by atoms with van der Waals surface area (Å²) in [7, 11) is 0. The molecule has 4 heteroatoms. The van der Waals surface area contributed by atoms with Gasteiger partial charge in [-0.05, 0) is 23.9 Å². The summed E-state index contributed by atoms with van der Waals surface area (Å²) in [6.07, 6.45) is 0. The second-order valence-electron chi connectivity index (χ2n) is 2.64. The molecule has 0 N–H and O–H groups in total. The first-order chi connectivity index (χ1) is 6.29. The van der Waals surface area contributed by atoms with Crippen LogP contribution in [0.3, 0.4) is 0 Å². The zero-order valence-electron chi connectivity index (χ0n) is 6.98. The van der Waals surface area contributed by atoms with Crippen LogP contribution >= 0.6 is 22.7 Å². The van der Waals surface area contributed by atoms with Gasteiger partial charge in [-0.3, -0.25) is 4.79 Å². The molecule has 0 saturated heterocycles. The van der Waals surface area contributed by atoms with Crippen LogP contribution in [-0.4, -0.2) is 10.8 Å². The molecule has 2 rings (SSSR count). The number of rotatable bonds is 2. The smallest absolute Gasteiger partial charge is 0.222 e. The normalized spacial score (nSPS) is 10.2. The molecule has 66 valence electrons. The quantitative estimate of drug-likeness (QED) is 0.712. The Hall–Kier alpha value is -1.00. The molecule has 0 saturated carbocycles. The van der Waals surface area contributed by atoms with Crippen LogP contribution in [-0.2, 0) is 0 Å². The highest BCUT2D eigenvalue weighted by Crippen LogP contribution is 2.19. The van der Waals surface area contributed by atoms with E-state index in [0.717, 1.165) is 10.4 Å². The summed E-state index contributed by atoms with van der Waals surface area (Å²) in [5.41, 5.74) is 3.26. The van der Waals surface area contributed by atoms with Crippen molar-refractivity contribution in [1.82, 2.24) is 4.98 Å². The van der Waals surface area contributed by atoms with E-state index < -0.39 is 0 Å². The van der Waals surface area contributed by atoms with E-state index in [9.17, 15) is 4.79 Å². The molecule has 13 heavy (non-hydrogen) atoms. The highest BCUT2D eigenvalue weighted by atomic mass is 32.1. The third kappa shape index (κ3) is 1.55. The third-order valence-electron chi connectivity index (χ3n) is 1.73. The molecule has 2 aromatic rings. The van der Waals surface area contributed by atoms with Crippen molar-refractivity contribution < 1.29 is 4.79 Å². The van der Waals surface area contributed by atoms with E-state index in [0.29, 0.717) is 5.69 Å². The highest BCUT2D eigenvalue weighted by Gasteiger charge is 2.14. The molecule has 0 aromatic carbocycles. The van der Waals surface area contributed by atoms with E-state index >= 15 is 0 Å². The minimum atomic E-state index is 0.0359. The predicted molar refractivity (Wildman–Crippen MR) is 54.6 cm³/mol. The van der Waals surface area contributed by atoms with E-state index in [1.807, 2.05) is 18.4 Å². The van der Waals surface area contributed by atoms with Crippen molar-refractivity contribution in [3.8, 4) is 0 Å². The number of nitrogens with zero attached hydrogens (tertiary/aromatic N) is 1. The highest BCUT2D eigenvalue weighted by molar-refractivity contribution is 7.12. The molecule has 0 bridgehead atoms. The van der Waals surface area contributed by atoms with Gasteiger partial charge in [0, 0.05) is 5.38 Å². The first-order valence-electron chi connectivity index (χ1n) is 3.76. The van der Waals surface area contributed by atoms with Gasteiger partial charge in [0.2, 0.25) is 5.78 Å². The van der Waals surface area contributed by atoms with Gasteiger partial charge in [0.1, 0.15) is 5.69 Å². The summed E-state index contributed by atoms with van der Waals surface area (Å²) in [5.74, 6) is 0.0359. The molecule has 0 amide bonds. The van der Waals surface area contributed by atoms with Crippen LogP contribution in [0, 0.1) is 6.92 Å². The maximum absolute atomic E-state index is 11.7. The van der Waals surface area contributed by atoms with Crippen molar-refractivity contribution in [2.45, 2.75) is 6.92 Å². The average molecular weight is 209 g/mol. The van der Waals surface area contributed by atoms with Gasteiger partial charge < -0.3 is 0 Å². The Morgan fingerprint density at radius 2 is 2.38 bits per heavy atom. The van der Waals surface area contributed by atoms with Gasteiger partial charge in [-0.2, -0.15) is 0 Å². The molecule has 0 aliphatic rings. The van der Waals surface area contributed by atoms with E-state index in [1.54, 1.807) is 10.9 Å². The molecule has 2 nitrogen and oxygen atoms in total. The molecule has 0 fully saturated rings. The van der Waals surface area contributed by atoms with Gasteiger partial charge in [-0.1, -0.05) is 0 Å². The lowest BCUT2D eigenvalue weighted by Gasteiger charge is -1.93. The fourth-order valence-electron chi connectivity index (χ4n) is 1.05. The molecule has 0 radical (unpaired) electrons. The Kier molecular flexibility index (Phi) is 2.24. The molecule has 0 aliphatic carbocycles. The number of thiazole rings is 1. The Morgan fingerprint density at radius 3 is 2.92 bits per heavy atom. The van der Waals surface area contributed by atoms with Gasteiger partial charge in [0.25, 0.3) is 0 Å². The van der Waals surface area contributed by atoms with Gasteiger partial charge in [0.05, 0.1) is 10.4 Å². The molecular formula is C9H7NOS2. The lowest BCUT2D eigenvalue weighted by molar-refractivity contribution is 0.103. The lowest BCUT2D eigenvalue weighted by atomic mass is 10.2. The maximum atomic E-state index is 11.7. The number of ketones is 1. The Labute approximate surface area is 83.9 Å².